The molecule has 0 aliphatic carbocycles. The normalized spacial score (nSPS) is 18.3. The van der Waals surface area contributed by atoms with Gasteiger partial charge in [-0.25, -0.2) is 4.39 Å². The molecule has 1 aliphatic rings. The van der Waals surface area contributed by atoms with Gasteiger partial charge in [0.2, 0.25) is 0 Å². The van der Waals surface area contributed by atoms with Gasteiger partial charge in [0.1, 0.15) is 17.3 Å². The summed E-state index contributed by atoms with van der Waals surface area (Å²) in [5.41, 5.74) is 1.07. The zero-order valence-corrected chi connectivity index (χ0v) is 13.3. The average molecular weight is 329 g/mol. The van der Waals surface area contributed by atoms with Gasteiger partial charge in [0.15, 0.2) is 0 Å². The van der Waals surface area contributed by atoms with Gasteiger partial charge in [0, 0.05) is 13.1 Å². The first kappa shape index (κ1) is 16.5. The van der Waals surface area contributed by atoms with Crippen LogP contribution in [0.1, 0.15) is 18.4 Å². The van der Waals surface area contributed by atoms with E-state index in [-0.39, 0.29) is 11.7 Å². The van der Waals surface area contributed by atoms with Gasteiger partial charge in [-0.05, 0) is 61.3 Å². The minimum atomic E-state index is -0.715. The summed E-state index contributed by atoms with van der Waals surface area (Å²) in [4.78, 5) is 13.3. The Balaban J connectivity index is 1.64. The molecule has 1 atom stereocenters. The highest BCUT2D eigenvalue weighted by atomic mass is 19.1. The van der Waals surface area contributed by atoms with Crippen LogP contribution in [0.15, 0.2) is 48.5 Å². The van der Waals surface area contributed by atoms with Crippen molar-refractivity contribution in [2.45, 2.75) is 19.4 Å². The van der Waals surface area contributed by atoms with Crippen LogP contribution in [0.2, 0.25) is 0 Å². The van der Waals surface area contributed by atoms with E-state index in [4.69, 9.17) is 4.74 Å². The highest BCUT2D eigenvalue weighted by molar-refractivity contribution is 5.70. The second kappa shape index (κ2) is 7.45. The molecule has 5 heteroatoms. The predicted octanol–water partition coefficient (Wildman–Crippen LogP) is 3.91. The van der Waals surface area contributed by atoms with E-state index in [0.29, 0.717) is 24.6 Å². The van der Waals surface area contributed by atoms with Crippen LogP contribution in [0.25, 0.3) is 0 Å². The number of rotatable bonds is 5. The number of likely N-dealkylation sites (tertiary alicyclic amines) is 1. The molecule has 4 nitrogen and oxygen atoms in total. The number of halogens is 1. The number of hydrogen-bond donors (Lipinski definition) is 1. The van der Waals surface area contributed by atoms with Crippen LogP contribution in [-0.2, 0) is 11.3 Å². The summed E-state index contributed by atoms with van der Waals surface area (Å²) in [6, 6.07) is 13.6. The first-order valence-corrected chi connectivity index (χ1v) is 8.08. The molecule has 0 amide bonds. The van der Waals surface area contributed by atoms with Gasteiger partial charge in [0.05, 0.1) is 5.92 Å². The van der Waals surface area contributed by atoms with Crippen molar-refractivity contribution < 1.29 is 19.0 Å². The van der Waals surface area contributed by atoms with Gasteiger partial charge >= 0.3 is 5.97 Å². The molecule has 1 aliphatic heterocycles. The molecule has 0 spiro atoms. The Kier molecular flexibility index (Phi) is 5.11. The van der Waals surface area contributed by atoms with E-state index in [0.717, 1.165) is 24.9 Å². The fraction of sp³-hybridized carbons (Fsp3) is 0.316. The van der Waals surface area contributed by atoms with E-state index in [1.165, 1.54) is 12.1 Å². The molecule has 2 aromatic rings. The summed E-state index contributed by atoms with van der Waals surface area (Å²) in [6.45, 7) is 2.19. The summed E-state index contributed by atoms with van der Waals surface area (Å²) < 4.78 is 18.7. The Morgan fingerprint density at radius 1 is 1.21 bits per heavy atom. The first-order valence-electron chi connectivity index (χ1n) is 8.08. The predicted molar refractivity (Wildman–Crippen MR) is 88.6 cm³/mol. The lowest BCUT2D eigenvalue weighted by atomic mass is 9.98. The zero-order chi connectivity index (χ0) is 16.9. The van der Waals surface area contributed by atoms with Crippen LogP contribution in [-0.4, -0.2) is 29.1 Å². The van der Waals surface area contributed by atoms with Crippen LogP contribution in [0.3, 0.4) is 0 Å². The third-order valence-electron chi connectivity index (χ3n) is 4.21. The van der Waals surface area contributed by atoms with Gasteiger partial charge in [-0.1, -0.05) is 12.1 Å². The number of carbonyl (C=O) groups is 1. The van der Waals surface area contributed by atoms with Crippen LogP contribution in [0, 0.1) is 11.7 Å². The highest BCUT2D eigenvalue weighted by Gasteiger charge is 2.25. The highest BCUT2D eigenvalue weighted by Crippen LogP contribution is 2.24. The van der Waals surface area contributed by atoms with Crippen molar-refractivity contribution in [1.82, 2.24) is 4.90 Å². The monoisotopic (exact) mass is 329 g/mol. The summed E-state index contributed by atoms with van der Waals surface area (Å²) in [6.07, 6.45) is 1.66. The van der Waals surface area contributed by atoms with E-state index in [1.807, 2.05) is 24.3 Å². The van der Waals surface area contributed by atoms with E-state index in [9.17, 15) is 14.3 Å². The molecule has 1 heterocycles. The van der Waals surface area contributed by atoms with Crippen molar-refractivity contribution in [3.63, 3.8) is 0 Å². The van der Waals surface area contributed by atoms with Crippen LogP contribution in [0.5, 0.6) is 11.5 Å². The molecule has 126 valence electrons. The summed E-state index contributed by atoms with van der Waals surface area (Å²) >= 11 is 0. The van der Waals surface area contributed by atoms with Gasteiger partial charge in [-0.2, -0.15) is 0 Å². The number of nitrogens with zero attached hydrogens (tertiary/aromatic N) is 1. The number of piperidine rings is 1. The van der Waals surface area contributed by atoms with E-state index in [2.05, 4.69) is 4.90 Å². The number of ether oxygens (including phenoxy) is 1. The van der Waals surface area contributed by atoms with Crippen molar-refractivity contribution in [2.75, 3.05) is 13.1 Å². The fourth-order valence-corrected chi connectivity index (χ4v) is 3.00. The lowest BCUT2D eigenvalue weighted by molar-refractivity contribution is -0.143. The molecule has 0 radical (unpaired) electrons. The van der Waals surface area contributed by atoms with Crippen LogP contribution >= 0.6 is 0 Å². The Morgan fingerprint density at radius 3 is 2.75 bits per heavy atom. The van der Waals surface area contributed by atoms with Crippen molar-refractivity contribution in [3.05, 3.63) is 59.9 Å². The van der Waals surface area contributed by atoms with Crippen LogP contribution < -0.4 is 4.74 Å². The largest absolute Gasteiger partial charge is 0.481 e. The lowest BCUT2D eigenvalue weighted by Gasteiger charge is -2.30. The Bertz CT molecular complexity index is 702. The van der Waals surface area contributed by atoms with E-state index in [1.54, 1.807) is 12.1 Å². The second-order valence-electron chi connectivity index (χ2n) is 6.12. The Morgan fingerprint density at radius 2 is 2.00 bits per heavy atom. The third kappa shape index (κ3) is 4.32. The van der Waals surface area contributed by atoms with Crippen molar-refractivity contribution >= 4 is 5.97 Å². The molecule has 1 saturated heterocycles. The van der Waals surface area contributed by atoms with Gasteiger partial charge in [-0.15, -0.1) is 0 Å². The maximum absolute atomic E-state index is 12.9. The first-order chi connectivity index (χ1) is 11.6. The molecule has 1 fully saturated rings. The minimum Gasteiger partial charge on any atom is -0.481 e. The topological polar surface area (TPSA) is 49.8 Å². The van der Waals surface area contributed by atoms with Crippen molar-refractivity contribution in [2.24, 2.45) is 5.92 Å². The maximum atomic E-state index is 12.9. The molecule has 24 heavy (non-hydrogen) atoms. The SMILES string of the molecule is O=C(O)[C@@H]1CCCN(Cc2cccc(Oc3ccc(F)cc3)c2)C1. The smallest absolute Gasteiger partial charge is 0.307 e. The van der Waals surface area contributed by atoms with Crippen LogP contribution in [0.4, 0.5) is 4.39 Å². The summed E-state index contributed by atoms with van der Waals surface area (Å²) in [7, 11) is 0. The van der Waals surface area contributed by atoms with Crippen molar-refractivity contribution in [1.29, 1.82) is 0 Å². The second-order valence-corrected chi connectivity index (χ2v) is 6.12. The molecular formula is C19H20FNO3. The van der Waals surface area contributed by atoms with E-state index >= 15 is 0 Å². The van der Waals surface area contributed by atoms with E-state index < -0.39 is 5.97 Å². The molecule has 1 N–H and O–H groups in total. The molecule has 2 aromatic carbocycles. The summed E-state index contributed by atoms with van der Waals surface area (Å²) in [5.74, 6) is -0.0250. The van der Waals surface area contributed by atoms with Gasteiger partial charge in [0.25, 0.3) is 0 Å². The number of carboxylic acids is 1. The Hall–Kier alpha value is -2.40. The minimum absolute atomic E-state index is 0.280. The summed E-state index contributed by atoms with van der Waals surface area (Å²) in [5, 5.41) is 9.18. The fourth-order valence-electron chi connectivity index (χ4n) is 3.00. The molecule has 3 rings (SSSR count). The van der Waals surface area contributed by atoms with Gasteiger partial charge in [-0.3, -0.25) is 9.69 Å². The molecule has 0 unspecified atom stereocenters. The lowest BCUT2D eigenvalue weighted by Crippen LogP contribution is -2.38. The zero-order valence-electron chi connectivity index (χ0n) is 13.3. The standard InChI is InChI=1S/C19H20FNO3/c20-16-6-8-17(9-7-16)24-18-5-1-3-14(11-18)12-21-10-2-4-15(13-21)19(22)23/h1,3,5-9,11,15H,2,4,10,12-13H2,(H,22,23)/t15-/m1/s1. The number of hydrogen-bond acceptors (Lipinski definition) is 3. The maximum Gasteiger partial charge on any atom is 0.307 e. The number of carboxylic acid groups (broad SMARTS) is 1. The Labute approximate surface area is 140 Å². The van der Waals surface area contributed by atoms with Crippen molar-refractivity contribution in [3.8, 4) is 11.5 Å². The third-order valence-corrected chi connectivity index (χ3v) is 4.21. The average Bonchev–Trinajstić information content (AvgIpc) is 2.57. The molecule has 0 saturated carbocycles. The molecule has 0 bridgehead atoms. The quantitative estimate of drug-likeness (QED) is 0.903. The van der Waals surface area contributed by atoms with Gasteiger partial charge < -0.3 is 9.84 Å². The molecule has 0 aromatic heterocycles. The number of benzene rings is 2. The molecular weight excluding hydrogens is 309 g/mol. The number of aliphatic carboxylic acids is 1.